The van der Waals surface area contributed by atoms with Gasteiger partial charge in [-0.2, -0.15) is 0 Å². The molecule has 0 bridgehead atoms. The zero-order chi connectivity index (χ0) is 13.6. The summed E-state index contributed by atoms with van der Waals surface area (Å²) in [6, 6.07) is 10.6. The minimum Gasteiger partial charge on any atom is -0.492 e. The van der Waals surface area contributed by atoms with Crippen LogP contribution in [0.3, 0.4) is 0 Å². The molecule has 2 aromatic rings. The van der Waals surface area contributed by atoms with Gasteiger partial charge in [0, 0.05) is 20.7 Å². The second kappa shape index (κ2) is 4.36. The van der Waals surface area contributed by atoms with Gasteiger partial charge in [0.1, 0.15) is 5.75 Å². The second-order valence-electron chi connectivity index (χ2n) is 5.85. The summed E-state index contributed by atoms with van der Waals surface area (Å²) in [5.41, 5.74) is 8.90. The Balaban J connectivity index is 1.99. The average molecular weight is 273 g/mol. The number of rotatable bonds is 2. The van der Waals surface area contributed by atoms with Crippen LogP contribution in [0.4, 0.5) is 0 Å². The first-order valence-corrected chi connectivity index (χ1v) is 7.38. The maximum atomic E-state index is 6.38. The van der Waals surface area contributed by atoms with E-state index in [4.69, 9.17) is 10.5 Å². The van der Waals surface area contributed by atoms with E-state index in [-0.39, 0.29) is 11.5 Å². The number of benzene rings is 1. The van der Waals surface area contributed by atoms with Crippen LogP contribution in [0.5, 0.6) is 5.75 Å². The Hall–Kier alpha value is -1.32. The Morgan fingerprint density at radius 3 is 2.74 bits per heavy atom. The molecule has 0 saturated heterocycles. The summed E-state index contributed by atoms with van der Waals surface area (Å²) in [7, 11) is 0. The molecule has 1 atom stereocenters. The lowest BCUT2D eigenvalue weighted by Gasteiger charge is -2.17. The van der Waals surface area contributed by atoms with Gasteiger partial charge in [0.25, 0.3) is 0 Å². The van der Waals surface area contributed by atoms with Crippen LogP contribution in [0.25, 0.3) is 0 Å². The standard InChI is InChI=1S/C16H19NOS/c1-10-4-7-14(19-10)15(17)11-5-6-13-12(8-11)16(2,3)9-18-13/h4-8,15H,9,17H2,1-3H3. The Bertz CT molecular complexity index is 615. The molecule has 0 radical (unpaired) electrons. The highest BCUT2D eigenvalue weighted by molar-refractivity contribution is 7.12. The maximum Gasteiger partial charge on any atom is 0.123 e. The number of thiophene rings is 1. The Kier molecular flexibility index (Phi) is 2.91. The first kappa shape index (κ1) is 12.7. The van der Waals surface area contributed by atoms with Crippen molar-refractivity contribution in [3.05, 3.63) is 51.2 Å². The molecule has 0 saturated carbocycles. The first-order valence-electron chi connectivity index (χ1n) is 6.56. The van der Waals surface area contributed by atoms with Gasteiger partial charge in [-0.25, -0.2) is 0 Å². The maximum absolute atomic E-state index is 6.38. The highest BCUT2D eigenvalue weighted by Crippen LogP contribution is 2.40. The van der Waals surface area contributed by atoms with Crippen molar-refractivity contribution in [3.8, 4) is 5.75 Å². The second-order valence-corrected chi connectivity index (χ2v) is 7.17. The molecule has 19 heavy (non-hydrogen) atoms. The van der Waals surface area contributed by atoms with Gasteiger partial charge in [-0.1, -0.05) is 19.9 Å². The van der Waals surface area contributed by atoms with Crippen LogP contribution in [0.1, 0.15) is 40.8 Å². The van der Waals surface area contributed by atoms with Crippen molar-refractivity contribution >= 4 is 11.3 Å². The van der Waals surface area contributed by atoms with Crippen LogP contribution in [0, 0.1) is 6.92 Å². The summed E-state index contributed by atoms with van der Waals surface area (Å²) >= 11 is 1.77. The lowest BCUT2D eigenvalue weighted by Crippen LogP contribution is -2.19. The number of aryl methyl sites for hydroxylation is 1. The monoisotopic (exact) mass is 273 g/mol. The van der Waals surface area contributed by atoms with Crippen molar-refractivity contribution in [2.75, 3.05) is 6.61 Å². The molecule has 1 aliphatic heterocycles. The van der Waals surface area contributed by atoms with Crippen LogP contribution < -0.4 is 10.5 Å². The number of nitrogens with two attached hydrogens (primary N) is 1. The van der Waals surface area contributed by atoms with Crippen LogP contribution >= 0.6 is 11.3 Å². The van der Waals surface area contributed by atoms with Gasteiger partial charge in [0.05, 0.1) is 12.6 Å². The number of hydrogen-bond acceptors (Lipinski definition) is 3. The number of fused-ring (bicyclic) bond motifs is 1. The fraction of sp³-hybridized carbons (Fsp3) is 0.375. The quantitative estimate of drug-likeness (QED) is 0.904. The Morgan fingerprint density at radius 2 is 2.05 bits per heavy atom. The topological polar surface area (TPSA) is 35.2 Å². The van der Waals surface area contributed by atoms with E-state index in [1.807, 2.05) is 0 Å². The van der Waals surface area contributed by atoms with Crippen molar-refractivity contribution in [2.45, 2.75) is 32.2 Å². The summed E-state index contributed by atoms with van der Waals surface area (Å²) < 4.78 is 5.72. The molecule has 2 heterocycles. The molecule has 2 nitrogen and oxygen atoms in total. The van der Waals surface area contributed by atoms with E-state index in [1.54, 1.807) is 11.3 Å². The molecule has 3 heteroatoms. The molecular weight excluding hydrogens is 254 g/mol. The summed E-state index contributed by atoms with van der Waals surface area (Å²) in [5.74, 6) is 1.00. The molecule has 1 aliphatic rings. The van der Waals surface area contributed by atoms with Gasteiger partial charge in [0.2, 0.25) is 0 Å². The lowest BCUT2D eigenvalue weighted by molar-refractivity contribution is 0.291. The number of ether oxygens (including phenoxy) is 1. The molecule has 0 aliphatic carbocycles. The van der Waals surface area contributed by atoms with Crippen LogP contribution in [0.2, 0.25) is 0 Å². The zero-order valence-electron chi connectivity index (χ0n) is 11.6. The molecule has 0 spiro atoms. The molecule has 1 aromatic heterocycles. The molecular formula is C16H19NOS. The van der Waals surface area contributed by atoms with Gasteiger partial charge in [-0.15, -0.1) is 11.3 Å². The van der Waals surface area contributed by atoms with Crippen molar-refractivity contribution in [1.29, 1.82) is 0 Å². The van der Waals surface area contributed by atoms with E-state index in [0.29, 0.717) is 0 Å². The largest absolute Gasteiger partial charge is 0.492 e. The Labute approximate surface area is 118 Å². The van der Waals surface area contributed by atoms with Gasteiger partial charge < -0.3 is 10.5 Å². The summed E-state index contributed by atoms with van der Waals surface area (Å²) in [6.45, 7) is 7.28. The predicted octanol–water partition coefficient (Wildman–Crippen LogP) is 3.77. The van der Waals surface area contributed by atoms with Gasteiger partial charge in [-0.3, -0.25) is 0 Å². The van der Waals surface area contributed by atoms with Gasteiger partial charge in [0.15, 0.2) is 0 Å². The molecule has 1 unspecified atom stereocenters. The highest BCUT2D eigenvalue weighted by atomic mass is 32.1. The molecule has 0 amide bonds. The number of hydrogen-bond donors (Lipinski definition) is 1. The van der Waals surface area contributed by atoms with Crippen molar-refractivity contribution < 1.29 is 4.74 Å². The smallest absolute Gasteiger partial charge is 0.123 e. The molecule has 100 valence electrons. The fourth-order valence-electron chi connectivity index (χ4n) is 2.52. The summed E-state index contributed by atoms with van der Waals surface area (Å²) in [4.78, 5) is 2.52. The van der Waals surface area contributed by atoms with E-state index in [1.165, 1.54) is 20.9 Å². The van der Waals surface area contributed by atoms with Crippen LogP contribution in [-0.4, -0.2) is 6.61 Å². The molecule has 2 N–H and O–H groups in total. The average Bonchev–Trinajstić information content (AvgIpc) is 2.93. The Morgan fingerprint density at radius 1 is 1.26 bits per heavy atom. The first-order chi connectivity index (χ1) is 8.97. The molecule has 1 aromatic carbocycles. The van der Waals surface area contributed by atoms with Crippen molar-refractivity contribution in [1.82, 2.24) is 0 Å². The van der Waals surface area contributed by atoms with Crippen molar-refractivity contribution in [3.63, 3.8) is 0 Å². The molecule has 3 rings (SSSR count). The predicted molar refractivity (Wildman–Crippen MR) is 80.0 cm³/mol. The summed E-state index contributed by atoms with van der Waals surface area (Å²) in [6.07, 6.45) is 0. The van der Waals surface area contributed by atoms with E-state index in [9.17, 15) is 0 Å². The highest BCUT2D eigenvalue weighted by Gasteiger charge is 2.32. The van der Waals surface area contributed by atoms with E-state index in [2.05, 4.69) is 51.1 Å². The minimum absolute atomic E-state index is 0.0413. The van der Waals surface area contributed by atoms with E-state index < -0.39 is 0 Å². The third kappa shape index (κ3) is 2.17. The molecule has 0 fully saturated rings. The zero-order valence-corrected chi connectivity index (χ0v) is 12.4. The van der Waals surface area contributed by atoms with Gasteiger partial charge >= 0.3 is 0 Å². The van der Waals surface area contributed by atoms with Crippen LogP contribution in [-0.2, 0) is 5.41 Å². The van der Waals surface area contributed by atoms with E-state index in [0.717, 1.165) is 12.4 Å². The van der Waals surface area contributed by atoms with E-state index >= 15 is 0 Å². The third-order valence-electron chi connectivity index (χ3n) is 3.75. The summed E-state index contributed by atoms with van der Waals surface area (Å²) in [5, 5.41) is 0. The SMILES string of the molecule is Cc1ccc(C(N)c2ccc3c(c2)C(C)(C)CO3)s1. The van der Waals surface area contributed by atoms with Crippen LogP contribution in [0.15, 0.2) is 30.3 Å². The van der Waals surface area contributed by atoms with Crippen molar-refractivity contribution in [2.24, 2.45) is 5.73 Å². The lowest BCUT2D eigenvalue weighted by atomic mass is 9.85. The van der Waals surface area contributed by atoms with Gasteiger partial charge in [-0.05, 0) is 36.8 Å². The fourth-order valence-corrected chi connectivity index (χ4v) is 3.42. The normalized spacial score (nSPS) is 17.9. The third-order valence-corrected chi connectivity index (χ3v) is 4.83. The minimum atomic E-state index is -0.0413.